The van der Waals surface area contributed by atoms with Gasteiger partial charge in [-0.3, -0.25) is 4.79 Å². The molecule has 3 nitrogen and oxygen atoms in total. The molecule has 0 aromatic rings. The number of nitrogens with zero attached hydrogens (tertiary/aromatic N) is 1. The molecule has 0 aromatic heterocycles. The van der Waals surface area contributed by atoms with Crippen LogP contribution in [0.1, 0.15) is 19.8 Å². The molecule has 1 fully saturated rings. The van der Waals surface area contributed by atoms with Gasteiger partial charge in [-0.15, -0.1) is 11.6 Å². The molecule has 0 N–H and O–H groups in total. The molecule has 82 valence electrons. The lowest BCUT2D eigenvalue weighted by Crippen LogP contribution is -2.35. The lowest BCUT2D eigenvalue weighted by atomic mass is 10.1. The van der Waals surface area contributed by atoms with Crippen molar-refractivity contribution in [3.63, 3.8) is 0 Å². The van der Waals surface area contributed by atoms with E-state index < -0.39 is 0 Å². The van der Waals surface area contributed by atoms with E-state index in [-0.39, 0.29) is 11.3 Å². The number of rotatable bonds is 4. The van der Waals surface area contributed by atoms with Crippen molar-refractivity contribution in [1.82, 2.24) is 4.90 Å². The molecule has 0 saturated carbocycles. The Kier molecular flexibility index (Phi) is 4.69. The van der Waals surface area contributed by atoms with E-state index in [1.165, 1.54) is 0 Å². The first-order valence-corrected chi connectivity index (χ1v) is 5.54. The first-order chi connectivity index (χ1) is 6.69. The van der Waals surface area contributed by atoms with Crippen LogP contribution in [0.3, 0.4) is 0 Å². The highest BCUT2D eigenvalue weighted by Crippen LogP contribution is 2.19. The van der Waals surface area contributed by atoms with Crippen LogP contribution in [0, 0.1) is 5.92 Å². The molecule has 1 heterocycles. The number of ether oxygens (including phenoxy) is 1. The van der Waals surface area contributed by atoms with Crippen molar-refractivity contribution in [3.8, 4) is 0 Å². The smallest absolute Gasteiger partial charge is 0.240 e. The van der Waals surface area contributed by atoms with Crippen LogP contribution >= 0.6 is 11.6 Å². The summed E-state index contributed by atoms with van der Waals surface area (Å²) in [6.07, 6.45) is 1.73. The van der Waals surface area contributed by atoms with Crippen molar-refractivity contribution in [1.29, 1.82) is 0 Å². The second kappa shape index (κ2) is 5.56. The largest absolute Gasteiger partial charge is 0.384 e. The third-order valence-corrected chi connectivity index (χ3v) is 3.12. The van der Waals surface area contributed by atoms with E-state index in [9.17, 15) is 4.79 Å². The Balaban J connectivity index is 2.37. The lowest BCUT2D eigenvalue weighted by molar-refractivity contribution is -0.130. The standard InChI is InChI=1S/C10H18ClNO2/c1-3-9(11)10(13)12-5-4-8(6-12)7-14-2/h8-9H,3-7H2,1-2H3/t8-,9-/m1/s1. The number of hydrogen-bond donors (Lipinski definition) is 0. The van der Waals surface area contributed by atoms with Crippen LogP contribution in [-0.4, -0.2) is 43.0 Å². The summed E-state index contributed by atoms with van der Waals surface area (Å²) < 4.78 is 5.07. The normalized spacial score (nSPS) is 23.9. The van der Waals surface area contributed by atoms with Crippen molar-refractivity contribution < 1.29 is 9.53 Å². The molecular formula is C10H18ClNO2. The minimum Gasteiger partial charge on any atom is -0.384 e. The average Bonchev–Trinajstić information content (AvgIpc) is 2.64. The number of halogens is 1. The van der Waals surface area contributed by atoms with Gasteiger partial charge in [0.2, 0.25) is 5.91 Å². The van der Waals surface area contributed by atoms with Gasteiger partial charge < -0.3 is 9.64 Å². The van der Waals surface area contributed by atoms with Crippen molar-refractivity contribution >= 4 is 17.5 Å². The fourth-order valence-corrected chi connectivity index (χ4v) is 1.92. The predicted molar refractivity (Wildman–Crippen MR) is 56.5 cm³/mol. The second-order valence-electron chi connectivity index (χ2n) is 3.77. The van der Waals surface area contributed by atoms with E-state index in [1.54, 1.807) is 7.11 Å². The van der Waals surface area contributed by atoms with Gasteiger partial charge in [-0.1, -0.05) is 6.92 Å². The number of carbonyl (C=O) groups excluding carboxylic acids is 1. The Morgan fingerprint density at radius 1 is 1.71 bits per heavy atom. The summed E-state index contributed by atoms with van der Waals surface area (Å²) in [5, 5.41) is -0.351. The number of alkyl halides is 1. The van der Waals surface area contributed by atoms with E-state index in [0.717, 1.165) is 26.1 Å². The number of hydrogen-bond acceptors (Lipinski definition) is 2. The third-order valence-electron chi connectivity index (χ3n) is 2.63. The highest BCUT2D eigenvalue weighted by Gasteiger charge is 2.28. The molecule has 1 aliphatic rings. The van der Waals surface area contributed by atoms with Crippen LogP contribution in [0.2, 0.25) is 0 Å². The van der Waals surface area contributed by atoms with Crippen molar-refractivity contribution in [3.05, 3.63) is 0 Å². The zero-order valence-corrected chi connectivity index (χ0v) is 9.59. The number of amides is 1. The average molecular weight is 220 g/mol. The Labute approximate surface area is 90.4 Å². The molecule has 1 amide bonds. The van der Waals surface area contributed by atoms with Crippen LogP contribution in [0.25, 0.3) is 0 Å². The summed E-state index contributed by atoms with van der Waals surface area (Å²) >= 11 is 5.90. The van der Waals surface area contributed by atoms with Gasteiger partial charge in [-0.25, -0.2) is 0 Å². The van der Waals surface area contributed by atoms with Gasteiger partial charge in [0, 0.05) is 26.1 Å². The molecule has 0 aromatic carbocycles. The molecule has 4 heteroatoms. The van der Waals surface area contributed by atoms with Crippen LogP contribution in [0.15, 0.2) is 0 Å². The fraction of sp³-hybridized carbons (Fsp3) is 0.900. The van der Waals surface area contributed by atoms with Crippen LogP contribution in [-0.2, 0) is 9.53 Å². The Bertz CT molecular complexity index is 199. The highest BCUT2D eigenvalue weighted by molar-refractivity contribution is 6.30. The SMILES string of the molecule is CC[C@@H](Cl)C(=O)N1CC[C@@H](COC)C1. The summed E-state index contributed by atoms with van der Waals surface area (Å²) in [5.74, 6) is 0.567. The van der Waals surface area contributed by atoms with Gasteiger partial charge in [0.25, 0.3) is 0 Å². The molecule has 0 unspecified atom stereocenters. The fourth-order valence-electron chi connectivity index (χ4n) is 1.78. The zero-order valence-electron chi connectivity index (χ0n) is 8.83. The molecule has 1 aliphatic heterocycles. The summed E-state index contributed by atoms with van der Waals surface area (Å²) in [6.45, 7) is 4.30. The highest BCUT2D eigenvalue weighted by atomic mass is 35.5. The molecule has 0 radical (unpaired) electrons. The molecule has 0 spiro atoms. The van der Waals surface area contributed by atoms with Crippen molar-refractivity contribution in [2.24, 2.45) is 5.92 Å². The van der Waals surface area contributed by atoms with Gasteiger partial charge in [-0.2, -0.15) is 0 Å². The van der Waals surface area contributed by atoms with Gasteiger partial charge in [-0.05, 0) is 12.8 Å². The molecule has 0 bridgehead atoms. The summed E-state index contributed by atoms with van der Waals surface area (Å²) in [5.41, 5.74) is 0. The van der Waals surface area contributed by atoms with E-state index in [2.05, 4.69) is 0 Å². The van der Waals surface area contributed by atoms with Gasteiger partial charge >= 0.3 is 0 Å². The van der Waals surface area contributed by atoms with Crippen LogP contribution < -0.4 is 0 Å². The quantitative estimate of drug-likeness (QED) is 0.671. The molecule has 2 atom stereocenters. The van der Waals surface area contributed by atoms with E-state index >= 15 is 0 Å². The summed E-state index contributed by atoms with van der Waals surface area (Å²) in [4.78, 5) is 13.5. The van der Waals surface area contributed by atoms with Crippen LogP contribution in [0.4, 0.5) is 0 Å². The van der Waals surface area contributed by atoms with Crippen molar-refractivity contribution in [2.45, 2.75) is 25.1 Å². The predicted octanol–water partition coefficient (Wildman–Crippen LogP) is 1.50. The maximum Gasteiger partial charge on any atom is 0.240 e. The number of carbonyl (C=O) groups is 1. The van der Waals surface area contributed by atoms with E-state index in [4.69, 9.17) is 16.3 Å². The van der Waals surface area contributed by atoms with Crippen LogP contribution in [0.5, 0.6) is 0 Å². The van der Waals surface area contributed by atoms with E-state index in [0.29, 0.717) is 12.3 Å². The van der Waals surface area contributed by atoms with Gasteiger partial charge in [0.1, 0.15) is 5.38 Å². The topological polar surface area (TPSA) is 29.5 Å². The second-order valence-corrected chi connectivity index (χ2v) is 4.30. The minimum absolute atomic E-state index is 0.0766. The monoisotopic (exact) mass is 219 g/mol. The van der Waals surface area contributed by atoms with Crippen molar-refractivity contribution in [2.75, 3.05) is 26.8 Å². The summed E-state index contributed by atoms with van der Waals surface area (Å²) in [6, 6.07) is 0. The molecule has 0 aliphatic carbocycles. The van der Waals surface area contributed by atoms with E-state index in [1.807, 2.05) is 11.8 Å². The first-order valence-electron chi connectivity index (χ1n) is 5.10. The summed E-state index contributed by atoms with van der Waals surface area (Å²) in [7, 11) is 1.70. The van der Waals surface area contributed by atoms with Gasteiger partial charge in [0.05, 0.1) is 6.61 Å². The third kappa shape index (κ3) is 2.85. The number of methoxy groups -OCH3 is 1. The molecular weight excluding hydrogens is 202 g/mol. The number of likely N-dealkylation sites (tertiary alicyclic amines) is 1. The molecule has 1 saturated heterocycles. The molecule has 1 rings (SSSR count). The Morgan fingerprint density at radius 2 is 2.43 bits per heavy atom. The first kappa shape index (κ1) is 11.8. The zero-order chi connectivity index (χ0) is 10.6. The maximum atomic E-state index is 11.7. The maximum absolute atomic E-state index is 11.7. The lowest BCUT2D eigenvalue weighted by Gasteiger charge is -2.18. The minimum atomic E-state index is -0.351. The Hall–Kier alpha value is -0.280. The van der Waals surface area contributed by atoms with Gasteiger partial charge in [0.15, 0.2) is 0 Å². The Morgan fingerprint density at radius 3 is 3.00 bits per heavy atom. The molecule has 14 heavy (non-hydrogen) atoms.